The van der Waals surface area contributed by atoms with E-state index in [1.165, 1.54) is 0 Å². The molecule has 0 atom stereocenters. The van der Waals surface area contributed by atoms with Gasteiger partial charge in [0.25, 0.3) is 0 Å². The molecule has 1 aromatic carbocycles. The number of aliphatic hydroxyl groups excluding tert-OH is 1. The van der Waals surface area contributed by atoms with Gasteiger partial charge >= 0.3 is 0 Å². The van der Waals surface area contributed by atoms with Crippen molar-refractivity contribution >= 4 is 15.9 Å². The molecule has 1 aromatic heterocycles. The van der Waals surface area contributed by atoms with Crippen LogP contribution in [0, 0.1) is 0 Å². The molecule has 0 radical (unpaired) electrons. The molecular weight excluding hydrogens is 272 g/mol. The minimum Gasteiger partial charge on any atom is -0.496 e. The molecule has 0 fully saturated rings. The van der Waals surface area contributed by atoms with E-state index in [1.807, 2.05) is 18.2 Å². The number of aromatic amines is 1. The van der Waals surface area contributed by atoms with Crippen molar-refractivity contribution in [2.24, 2.45) is 0 Å². The first-order valence-corrected chi connectivity index (χ1v) is 5.52. The van der Waals surface area contributed by atoms with E-state index in [0.29, 0.717) is 11.5 Å². The van der Waals surface area contributed by atoms with E-state index < -0.39 is 0 Å². The van der Waals surface area contributed by atoms with Gasteiger partial charge in [0.05, 0.1) is 31.2 Å². The van der Waals surface area contributed by atoms with Crippen LogP contribution >= 0.6 is 15.9 Å². The van der Waals surface area contributed by atoms with Crippen molar-refractivity contribution in [3.05, 3.63) is 34.6 Å². The van der Waals surface area contributed by atoms with Crippen LogP contribution in [0.1, 0.15) is 5.69 Å². The van der Waals surface area contributed by atoms with Gasteiger partial charge in [-0.2, -0.15) is 0 Å². The lowest BCUT2D eigenvalue weighted by molar-refractivity contribution is 0.277. The lowest BCUT2D eigenvalue weighted by Crippen LogP contribution is -1.90. The molecule has 84 valence electrons. The monoisotopic (exact) mass is 282 g/mol. The Morgan fingerprint density at radius 3 is 2.94 bits per heavy atom. The van der Waals surface area contributed by atoms with E-state index in [2.05, 4.69) is 25.9 Å². The Labute approximate surface area is 101 Å². The van der Waals surface area contributed by atoms with Gasteiger partial charge in [-0.15, -0.1) is 0 Å². The molecule has 0 aliphatic rings. The zero-order valence-corrected chi connectivity index (χ0v) is 10.3. The third-order valence-electron chi connectivity index (χ3n) is 2.22. The van der Waals surface area contributed by atoms with E-state index >= 15 is 0 Å². The normalized spacial score (nSPS) is 10.4. The smallest absolute Gasteiger partial charge is 0.141 e. The summed E-state index contributed by atoms with van der Waals surface area (Å²) in [6.07, 6.45) is 1.61. The molecule has 0 saturated heterocycles. The largest absolute Gasteiger partial charge is 0.496 e. The van der Waals surface area contributed by atoms with E-state index in [9.17, 15) is 0 Å². The Balaban J connectivity index is 2.46. The average Bonchev–Trinajstić information content (AvgIpc) is 2.77. The number of aromatic nitrogens is 2. The van der Waals surface area contributed by atoms with Crippen molar-refractivity contribution in [2.75, 3.05) is 7.11 Å². The zero-order chi connectivity index (χ0) is 11.5. The first kappa shape index (κ1) is 11.2. The zero-order valence-electron chi connectivity index (χ0n) is 8.70. The fourth-order valence-electron chi connectivity index (χ4n) is 1.44. The van der Waals surface area contributed by atoms with Gasteiger partial charge in [-0.25, -0.2) is 4.98 Å². The van der Waals surface area contributed by atoms with Gasteiger partial charge in [-0.3, -0.25) is 0 Å². The maximum Gasteiger partial charge on any atom is 0.141 e. The summed E-state index contributed by atoms with van der Waals surface area (Å²) in [5, 5.41) is 8.96. The predicted molar refractivity (Wildman–Crippen MR) is 64.2 cm³/mol. The van der Waals surface area contributed by atoms with Crippen LogP contribution in [0.3, 0.4) is 0 Å². The summed E-state index contributed by atoms with van der Waals surface area (Å²) < 4.78 is 6.22. The molecule has 2 rings (SSSR count). The van der Waals surface area contributed by atoms with Crippen molar-refractivity contribution in [2.45, 2.75) is 6.61 Å². The molecule has 16 heavy (non-hydrogen) atoms. The fourth-order valence-corrected chi connectivity index (χ4v) is 1.78. The number of nitrogens with one attached hydrogen (secondary N) is 1. The Morgan fingerprint density at radius 2 is 2.31 bits per heavy atom. The number of imidazole rings is 1. The Kier molecular flexibility index (Phi) is 3.26. The summed E-state index contributed by atoms with van der Waals surface area (Å²) in [6.45, 7) is -0.0498. The molecule has 0 saturated carbocycles. The maximum atomic E-state index is 8.96. The van der Waals surface area contributed by atoms with Gasteiger partial charge in [-0.05, 0) is 18.2 Å². The highest BCUT2D eigenvalue weighted by molar-refractivity contribution is 9.10. The molecule has 1 heterocycles. The third-order valence-corrected chi connectivity index (χ3v) is 2.71. The number of H-pyrrole nitrogens is 1. The minimum atomic E-state index is -0.0498. The highest BCUT2D eigenvalue weighted by atomic mass is 79.9. The fraction of sp³-hybridized carbons (Fsp3) is 0.182. The molecule has 0 spiro atoms. The van der Waals surface area contributed by atoms with Crippen molar-refractivity contribution in [3.63, 3.8) is 0 Å². The van der Waals surface area contributed by atoms with Crippen LogP contribution < -0.4 is 4.74 Å². The first-order chi connectivity index (χ1) is 7.74. The third kappa shape index (κ3) is 2.10. The highest BCUT2D eigenvalue weighted by Gasteiger charge is 2.09. The van der Waals surface area contributed by atoms with Crippen LogP contribution in [0.15, 0.2) is 28.9 Å². The Morgan fingerprint density at radius 1 is 1.50 bits per heavy atom. The lowest BCUT2D eigenvalue weighted by atomic mass is 10.2. The average molecular weight is 283 g/mol. The van der Waals surface area contributed by atoms with Crippen LogP contribution in [0.4, 0.5) is 0 Å². The van der Waals surface area contributed by atoms with Gasteiger partial charge in [-0.1, -0.05) is 15.9 Å². The number of halogens is 1. The number of nitrogens with zero attached hydrogens (tertiary/aromatic N) is 1. The Hall–Kier alpha value is -1.33. The summed E-state index contributed by atoms with van der Waals surface area (Å²) in [5.41, 5.74) is 1.55. The van der Waals surface area contributed by atoms with Gasteiger partial charge < -0.3 is 14.8 Å². The van der Waals surface area contributed by atoms with E-state index in [0.717, 1.165) is 15.8 Å². The number of ether oxygens (including phenoxy) is 1. The first-order valence-electron chi connectivity index (χ1n) is 4.73. The summed E-state index contributed by atoms with van der Waals surface area (Å²) in [4.78, 5) is 7.20. The van der Waals surface area contributed by atoms with Crippen LogP contribution in [0.25, 0.3) is 11.4 Å². The minimum absolute atomic E-state index is 0.0498. The lowest BCUT2D eigenvalue weighted by Gasteiger charge is -2.06. The number of benzene rings is 1. The highest BCUT2D eigenvalue weighted by Crippen LogP contribution is 2.30. The molecule has 0 amide bonds. The number of hydrogen-bond donors (Lipinski definition) is 2. The van der Waals surface area contributed by atoms with Crippen molar-refractivity contribution in [1.82, 2.24) is 9.97 Å². The second kappa shape index (κ2) is 4.67. The molecular formula is C11H11BrN2O2. The molecule has 0 unspecified atom stereocenters. The van der Waals surface area contributed by atoms with Crippen LogP contribution in [0.2, 0.25) is 0 Å². The van der Waals surface area contributed by atoms with Gasteiger partial charge in [0.1, 0.15) is 11.6 Å². The summed E-state index contributed by atoms with van der Waals surface area (Å²) in [5.74, 6) is 1.42. The quantitative estimate of drug-likeness (QED) is 0.909. The maximum absolute atomic E-state index is 8.96. The number of rotatable bonds is 3. The van der Waals surface area contributed by atoms with Crippen molar-refractivity contribution < 1.29 is 9.84 Å². The topological polar surface area (TPSA) is 58.1 Å². The Bertz CT molecular complexity index is 496. The number of aliphatic hydroxyl groups is 1. The summed E-state index contributed by atoms with van der Waals surface area (Å²) >= 11 is 3.38. The van der Waals surface area contributed by atoms with Gasteiger partial charge in [0.2, 0.25) is 0 Å². The van der Waals surface area contributed by atoms with E-state index in [1.54, 1.807) is 13.3 Å². The second-order valence-corrected chi connectivity index (χ2v) is 4.18. The van der Waals surface area contributed by atoms with Crippen LogP contribution in [-0.4, -0.2) is 22.2 Å². The number of methoxy groups -OCH3 is 1. The molecule has 2 aromatic rings. The van der Waals surface area contributed by atoms with E-state index in [4.69, 9.17) is 9.84 Å². The predicted octanol–water partition coefficient (Wildman–Crippen LogP) is 2.34. The standard InChI is InChI=1S/C11H11BrN2O2/c1-16-10-4-7(12)2-3-9(10)11-13-5-8(6-15)14-11/h2-5,15H,6H2,1H3,(H,13,14). The molecule has 2 N–H and O–H groups in total. The van der Waals surface area contributed by atoms with Crippen molar-refractivity contribution in [3.8, 4) is 17.1 Å². The van der Waals surface area contributed by atoms with Crippen LogP contribution in [-0.2, 0) is 6.61 Å². The van der Waals surface area contributed by atoms with E-state index in [-0.39, 0.29) is 6.61 Å². The summed E-state index contributed by atoms with van der Waals surface area (Å²) in [7, 11) is 1.61. The second-order valence-electron chi connectivity index (χ2n) is 3.26. The molecule has 5 heteroatoms. The van der Waals surface area contributed by atoms with Crippen molar-refractivity contribution in [1.29, 1.82) is 0 Å². The van der Waals surface area contributed by atoms with Gasteiger partial charge in [0, 0.05) is 4.47 Å². The molecule has 0 aliphatic carbocycles. The van der Waals surface area contributed by atoms with Crippen LogP contribution in [0.5, 0.6) is 5.75 Å². The van der Waals surface area contributed by atoms with Gasteiger partial charge in [0.15, 0.2) is 0 Å². The molecule has 0 aliphatic heterocycles. The molecule has 4 nitrogen and oxygen atoms in total. The number of hydrogen-bond acceptors (Lipinski definition) is 3. The SMILES string of the molecule is COc1cc(Br)ccc1-c1ncc(CO)[nH]1. The summed E-state index contributed by atoms with van der Waals surface area (Å²) in [6, 6.07) is 5.69. The molecule has 0 bridgehead atoms.